The zero-order valence-corrected chi connectivity index (χ0v) is 13.8. The standard InChI is InChI=1S/C16H14N4O6/c1-10(21)26-13-4-3-12(14(20(23)24)15(13)25-2)9-18-19-16(22)11-5-7-17-8-6-11/h3-9H,1-2H3,(H,19,22)/b18-9+. The number of ether oxygens (including phenoxy) is 2. The van der Waals surface area contributed by atoms with E-state index in [9.17, 15) is 19.7 Å². The number of hydrogen-bond donors (Lipinski definition) is 1. The molecule has 0 unspecified atom stereocenters. The molecule has 10 nitrogen and oxygen atoms in total. The van der Waals surface area contributed by atoms with E-state index in [0.29, 0.717) is 5.56 Å². The van der Waals surface area contributed by atoms with Crippen LogP contribution in [0, 0.1) is 10.1 Å². The monoisotopic (exact) mass is 358 g/mol. The Morgan fingerprint density at radius 1 is 1.27 bits per heavy atom. The molecule has 0 aliphatic rings. The normalized spacial score (nSPS) is 10.4. The largest absolute Gasteiger partial charge is 0.488 e. The van der Waals surface area contributed by atoms with E-state index in [1.165, 1.54) is 43.8 Å². The van der Waals surface area contributed by atoms with Crippen LogP contribution in [0.25, 0.3) is 0 Å². The summed E-state index contributed by atoms with van der Waals surface area (Å²) in [6, 6.07) is 5.63. The van der Waals surface area contributed by atoms with Gasteiger partial charge in [0, 0.05) is 24.9 Å². The first-order chi connectivity index (χ1) is 12.4. The Bertz CT molecular complexity index is 867. The van der Waals surface area contributed by atoms with Crippen molar-refractivity contribution in [3.8, 4) is 11.5 Å². The smallest absolute Gasteiger partial charge is 0.323 e. The Morgan fingerprint density at radius 3 is 2.54 bits per heavy atom. The highest BCUT2D eigenvalue weighted by molar-refractivity contribution is 5.95. The molecule has 0 fully saturated rings. The molecule has 0 saturated heterocycles. The number of rotatable bonds is 6. The minimum Gasteiger partial charge on any atom is -0.488 e. The van der Waals surface area contributed by atoms with Crippen LogP contribution >= 0.6 is 0 Å². The fourth-order valence-electron chi connectivity index (χ4n) is 2.02. The van der Waals surface area contributed by atoms with Gasteiger partial charge < -0.3 is 9.47 Å². The molecule has 0 radical (unpaired) electrons. The number of pyridine rings is 1. The third kappa shape index (κ3) is 4.38. The number of carbonyl (C=O) groups is 2. The Kier molecular flexibility index (Phi) is 5.93. The van der Waals surface area contributed by atoms with Crippen LogP contribution in [-0.4, -0.2) is 35.1 Å². The molecule has 0 aliphatic carbocycles. The van der Waals surface area contributed by atoms with Crippen molar-refractivity contribution < 1.29 is 24.0 Å². The molecule has 10 heteroatoms. The van der Waals surface area contributed by atoms with E-state index in [1.54, 1.807) is 0 Å². The van der Waals surface area contributed by atoms with Crippen LogP contribution in [-0.2, 0) is 4.79 Å². The van der Waals surface area contributed by atoms with Crippen LogP contribution in [0.2, 0.25) is 0 Å². The number of nitrogens with zero attached hydrogens (tertiary/aromatic N) is 3. The van der Waals surface area contributed by atoms with Gasteiger partial charge in [0.2, 0.25) is 5.75 Å². The van der Waals surface area contributed by atoms with Gasteiger partial charge in [-0.15, -0.1) is 0 Å². The number of hydrogen-bond acceptors (Lipinski definition) is 8. The lowest BCUT2D eigenvalue weighted by atomic mass is 10.1. The maximum absolute atomic E-state index is 11.9. The average Bonchev–Trinajstić information content (AvgIpc) is 2.62. The lowest BCUT2D eigenvalue weighted by Crippen LogP contribution is -2.17. The number of nitro benzene ring substituents is 1. The molecular weight excluding hydrogens is 344 g/mol. The van der Waals surface area contributed by atoms with E-state index < -0.39 is 22.5 Å². The lowest BCUT2D eigenvalue weighted by molar-refractivity contribution is -0.385. The number of amides is 1. The van der Waals surface area contributed by atoms with Gasteiger partial charge in [-0.3, -0.25) is 24.7 Å². The van der Waals surface area contributed by atoms with E-state index in [4.69, 9.17) is 9.47 Å². The third-order valence-corrected chi connectivity index (χ3v) is 3.08. The molecule has 2 rings (SSSR count). The maximum Gasteiger partial charge on any atom is 0.323 e. The van der Waals surface area contributed by atoms with E-state index in [-0.39, 0.29) is 17.1 Å². The zero-order valence-electron chi connectivity index (χ0n) is 13.8. The SMILES string of the molecule is COc1c(OC(C)=O)ccc(/C=N/NC(=O)c2ccncc2)c1[N+](=O)[O-]. The minimum absolute atomic E-state index is 0.0535. The molecule has 2 aromatic rings. The summed E-state index contributed by atoms with van der Waals surface area (Å²) in [7, 11) is 1.21. The summed E-state index contributed by atoms with van der Waals surface area (Å²) in [5.41, 5.74) is 2.18. The second-order valence-corrected chi connectivity index (χ2v) is 4.82. The molecule has 1 aromatic carbocycles. The number of benzene rings is 1. The van der Waals surface area contributed by atoms with Crippen molar-refractivity contribution >= 4 is 23.8 Å². The fraction of sp³-hybridized carbons (Fsp3) is 0.125. The molecule has 0 bridgehead atoms. The number of carbonyl (C=O) groups excluding carboxylic acids is 2. The summed E-state index contributed by atoms with van der Waals surface area (Å²) in [6.07, 6.45) is 3.99. The molecular formula is C16H14N4O6. The molecule has 1 amide bonds. The highest BCUT2D eigenvalue weighted by Gasteiger charge is 2.25. The van der Waals surface area contributed by atoms with Crippen molar-refractivity contribution in [2.45, 2.75) is 6.92 Å². The fourth-order valence-corrected chi connectivity index (χ4v) is 2.02. The van der Waals surface area contributed by atoms with E-state index in [2.05, 4.69) is 15.5 Å². The van der Waals surface area contributed by atoms with E-state index in [0.717, 1.165) is 13.1 Å². The first-order valence-corrected chi connectivity index (χ1v) is 7.21. The van der Waals surface area contributed by atoms with Crippen LogP contribution in [0.1, 0.15) is 22.8 Å². The van der Waals surface area contributed by atoms with Crippen molar-refractivity contribution in [3.05, 3.63) is 57.9 Å². The van der Waals surface area contributed by atoms with Gasteiger partial charge in [-0.1, -0.05) is 0 Å². The highest BCUT2D eigenvalue weighted by Crippen LogP contribution is 2.39. The van der Waals surface area contributed by atoms with Crippen LogP contribution in [0.3, 0.4) is 0 Å². The summed E-state index contributed by atoms with van der Waals surface area (Å²) in [5.74, 6) is -1.47. The highest BCUT2D eigenvalue weighted by atomic mass is 16.6. The molecule has 0 spiro atoms. The molecule has 0 saturated carbocycles. The maximum atomic E-state index is 11.9. The number of esters is 1. The number of hydrazone groups is 1. The Labute approximate surface area is 147 Å². The molecule has 1 heterocycles. The predicted molar refractivity (Wildman–Crippen MR) is 90.3 cm³/mol. The second-order valence-electron chi connectivity index (χ2n) is 4.82. The minimum atomic E-state index is -0.697. The Balaban J connectivity index is 2.29. The lowest BCUT2D eigenvalue weighted by Gasteiger charge is -2.09. The van der Waals surface area contributed by atoms with Crippen LogP contribution in [0.4, 0.5) is 5.69 Å². The predicted octanol–water partition coefficient (Wildman–Crippen LogP) is 1.69. The van der Waals surface area contributed by atoms with Crippen molar-refractivity contribution in [3.63, 3.8) is 0 Å². The van der Waals surface area contributed by atoms with Gasteiger partial charge in [0.15, 0.2) is 5.75 Å². The van der Waals surface area contributed by atoms with E-state index in [1.807, 2.05) is 0 Å². The summed E-state index contributed by atoms with van der Waals surface area (Å²) in [4.78, 5) is 37.5. The Morgan fingerprint density at radius 2 is 1.96 bits per heavy atom. The van der Waals surface area contributed by atoms with Gasteiger partial charge in [-0.2, -0.15) is 5.10 Å². The molecule has 1 aromatic heterocycles. The molecule has 0 atom stereocenters. The quantitative estimate of drug-likeness (QED) is 0.273. The second kappa shape index (κ2) is 8.33. The summed E-state index contributed by atoms with van der Waals surface area (Å²) >= 11 is 0. The molecule has 26 heavy (non-hydrogen) atoms. The number of nitrogens with one attached hydrogen (secondary N) is 1. The molecule has 134 valence electrons. The van der Waals surface area contributed by atoms with Crippen molar-refractivity contribution in [1.82, 2.24) is 10.4 Å². The topological polar surface area (TPSA) is 133 Å². The van der Waals surface area contributed by atoms with Crippen molar-refractivity contribution in [1.29, 1.82) is 0 Å². The Hall–Kier alpha value is -3.82. The van der Waals surface area contributed by atoms with Gasteiger partial charge in [0.05, 0.1) is 23.8 Å². The van der Waals surface area contributed by atoms with E-state index >= 15 is 0 Å². The van der Waals surface area contributed by atoms with Gasteiger partial charge in [-0.05, 0) is 24.3 Å². The van der Waals surface area contributed by atoms with Gasteiger partial charge in [-0.25, -0.2) is 5.43 Å². The van der Waals surface area contributed by atoms with Crippen molar-refractivity contribution in [2.24, 2.45) is 5.10 Å². The van der Waals surface area contributed by atoms with Gasteiger partial charge in [0.25, 0.3) is 5.91 Å². The number of aromatic nitrogens is 1. The van der Waals surface area contributed by atoms with Crippen molar-refractivity contribution in [2.75, 3.05) is 7.11 Å². The number of nitro groups is 1. The molecule has 1 N–H and O–H groups in total. The average molecular weight is 358 g/mol. The zero-order chi connectivity index (χ0) is 19.1. The van der Waals surface area contributed by atoms with Crippen LogP contribution < -0.4 is 14.9 Å². The van der Waals surface area contributed by atoms with Gasteiger partial charge in [0.1, 0.15) is 0 Å². The van der Waals surface area contributed by atoms with Gasteiger partial charge >= 0.3 is 11.7 Å². The summed E-state index contributed by atoms with van der Waals surface area (Å²) in [5, 5.41) is 15.1. The summed E-state index contributed by atoms with van der Waals surface area (Å²) < 4.78 is 9.90. The summed E-state index contributed by atoms with van der Waals surface area (Å²) in [6.45, 7) is 1.16. The van der Waals surface area contributed by atoms with Crippen LogP contribution in [0.15, 0.2) is 41.8 Å². The number of methoxy groups -OCH3 is 1. The third-order valence-electron chi connectivity index (χ3n) is 3.08. The first-order valence-electron chi connectivity index (χ1n) is 7.21. The van der Waals surface area contributed by atoms with Crippen LogP contribution in [0.5, 0.6) is 11.5 Å². The molecule has 0 aliphatic heterocycles. The first kappa shape index (κ1) is 18.5.